The topological polar surface area (TPSA) is 65.1 Å². The van der Waals surface area contributed by atoms with Crippen molar-refractivity contribution >= 4 is 12.0 Å². The van der Waals surface area contributed by atoms with Crippen LogP contribution >= 0.6 is 0 Å². The van der Waals surface area contributed by atoms with Crippen molar-refractivity contribution in [3.63, 3.8) is 0 Å². The van der Waals surface area contributed by atoms with Crippen LogP contribution in [0.2, 0.25) is 0 Å². The smallest absolute Gasteiger partial charge is 0.338 e. The Morgan fingerprint density at radius 2 is 1.50 bits per heavy atom. The first-order valence-electron chi connectivity index (χ1n) is 12.1. The predicted octanol–water partition coefficient (Wildman–Crippen LogP) is 3.41. The first-order valence-corrected chi connectivity index (χ1v) is 12.1. The van der Waals surface area contributed by atoms with Crippen LogP contribution in [0.3, 0.4) is 0 Å². The van der Waals surface area contributed by atoms with Crippen molar-refractivity contribution in [2.75, 3.05) is 45.9 Å². The molecule has 180 valence electrons. The molecule has 2 heterocycles. The zero-order valence-corrected chi connectivity index (χ0v) is 20.1. The zero-order valence-electron chi connectivity index (χ0n) is 20.1. The molecule has 4 rings (SSSR count). The second-order valence-electron chi connectivity index (χ2n) is 8.66. The molecule has 2 aliphatic rings. The van der Waals surface area contributed by atoms with Crippen molar-refractivity contribution in [1.82, 2.24) is 20.0 Å². The van der Waals surface area contributed by atoms with Gasteiger partial charge in [-0.25, -0.2) is 9.59 Å². The van der Waals surface area contributed by atoms with E-state index in [1.54, 1.807) is 11.8 Å². The Kier molecular flexibility index (Phi) is 7.98. The van der Waals surface area contributed by atoms with Crippen molar-refractivity contribution in [3.05, 3.63) is 83.1 Å². The Morgan fingerprint density at radius 1 is 0.912 bits per heavy atom. The van der Waals surface area contributed by atoms with Gasteiger partial charge in [0.2, 0.25) is 0 Å². The zero-order chi connectivity index (χ0) is 23.9. The van der Waals surface area contributed by atoms with E-state index in [0.29, 0.717) is 18.7 Å². The summed E-state index contributed by atoms with van der Waals surface area (Å²) in [5, 5.41) is 3.03. The van der Waals surface area contributed by atoms with Crippen LogP contribution in [-0.2, 0) is 16.1 Å². The predicted molar refractivity (Wildman–Crippen MR) is 132 cm³/mol. The van der Waals surface area contributed by atoms with Gasteiger partial charge in [0, 0.05) is 51.5 Å². The van der Waals surface area contributed by atoms with Crippen molar-refractivity contribution in [3.8, 4) is 0 Å². The number of hydrogen-bond donors (Lipinski definition) is 1. The van der Waals surface area contributed by atoms with Gasteiger partial charge in [0.25, 0.3) is 0 Å². The van der Waals surface area contributed by atoms with Gasteiger partial charge in [0.1, 0.15) is 0 Å². The van der Waals surface area contributed by atoms with Gasteiger partial charge in [0.15, 0.2) is 0 Å². The first kappa shape index (κ1) is 24.0. The Bertz CT molecular complexity index is 1000. The number of benzene rings is 2. The minimum Gasteiger partial charge on any atom is -0.463 e. The second-order valence-corrected chi connectivity index (χ2v) is 8.66. The number of carbonyl (C=O) groups excluding carboxylic acids is 2. The van der Waals surface area contributed by atoms with Crippen molar-refractivity contribution < 1.29 is 14.3 Å². The van der Waals surface area contributed by atoms with E-state index >= 15 is 0 Å². The second kappa shape index (κ2) is 11.3. The van der Waals surface area contributed by atoms with Crippen LogP contribution in [0.1, 0.15) is 31.0 Å². The van der Waals surface area contributed by atoms with E-state index in [-0.39, 0.29) is 18.6 Å². The molecule has 2 aromatic carbocycles. The Hall–Kier alpha value is -3.16. The fourth-order valence-corrected chi connectivity index (χ4v) is 4.71. The molecule has 1 N–H and O–H groups in total. The number of esters is 1. The van der Waals surface area contributed by atoms with E-state index in [1.807, 2.05) is 43.3 Å². The maximum atomic E-state index is 13.2. The summed E-state index contributed by atoms with van der Waals surface area (Å²) in [5.74, 6) is -0.368. The highest BCUT2D eigenvalue weighted by Crippen LogP contribution is 2.32. The average Bonchev–Trinajstić information content (AvgIpc) is 2.86. The number of ether oxygens (including phenoxy) is 1. The number of piperazine rings is 1. The number of nitrogens with zero attached hydrogens (tertiary/aromatic N) is 3. The lowest BCUT2D eigenvalue weighted by atomic mass is 9.94. The number of carbonyl (C=O) groups is 2. The van der Waals surface area contributed by atoms with E-state index in [9.17, 15) is 9.59 Å². The summed E-state index contributed by atoms with van der Waals surface area (Å²) in [5.41, 5.74) is 3.46. The summed E-state index contributed by atoms with van der Waals surface area (Å²) in [6, 6.07) is 19.4. The highest BCUT2D eigenvalue weighted by Gasteiger charge is 2.38. The fraction of sp³-hybridized carbons (Fsp3) is 0.407. The molecule has 0 bridgehead atoms. The molecule has 7 heteroatoms. The maximum absolute atomic E-state index is 13.2. The quantitative estimate of drug-likeness (QED) is 0.609. The number of rotatable bonds is 8. The van der Waals surface area contributed by atoms with Crippen LogP contribution in [0.15, 0.2) is 71.9 Å². The van der Waals surface area contributed by atoms with Gasteiger partial charge in [-0.05, 0) is 25.0 Å². The highest BCUT2D eigenvalue weighted by atomic mass is 16.5. The summed E-state index contributed by atoms with van der Waals surface area (Å²) in [6.45, 7) is 9.62. The Balaban J connectivity index is 1.56. The van der Waals surface area contributed by atoms with Crippen LogP contribution in [-0.4, -0.2) is 72.6 Å². The normalized spacial score (nSPS) is 19.8. The lowest BCUT2D eigenvalue weighted by Gasteiger charge is -2.40. The van der Waals surface area contributed by atoms with Crippen LogP contribution in [0, 0.1) is 0 Å². The number of likely N-dealkylation sites (N-methyl/N-ethyl adjacent to an activating group) is 1. The van der Waals surface area contributed by atoms with Crippen molar-refractivity contribution in [2.45, 2.75) is 26.4 Å². The summed E-state index contributed by atoms with van der Waals surface area (Å²) >= 11 is 0. The van der Waals surface area contributed by atoms with Crippen molar-refractivity contribution in [2.24, 2.45) is 0 Å². The van der Waals surface area contributed by atoms with E-state index in [0.717, 1.165) is 44.0 Å². The molecule has 1 fully saturated rings. The molecule has 0 aliphatic carbocycles. The van der Waals surface area contributed by atoms with Gasteiger partial charge in [-0.3, -0.25) is 14.7 Å². The molecule has 0 saturated carbocycles. The fourth-order valence-electron chi connectivity index (χ4n) is 4.71. The standard InChI is InChI=1S/C27H34N4O3/c1-3-31-23(20-30-17-15-29(16-18-30)19-21-11-7-5-8-12-21)24(26(32)34-4-2)25(28-27(31)33)22-13-9-6-10-14-22/h5-14,25H,3-4,15-20H2,1-2H3,(H,28,33)/t25-/m1/s1. The molecule has 0 unspecified atom stereocenters. The Labute approximate surface area is 202 Å². The van der Waals surface area contributed by atoms with Crippen LogP contribution in [0.25, 0.3) is 0 Å². The van der Waals surface area contributed by atoms with Gasteiger partial charge >= 0.3 is 12.0 Å². The molecule has 0 spiro atoms. The molecular weight excluding hydrogens is 428 g/mol. The largest absolute Gasteiger partial charge is 0.463 e. The first-order chi connectivity index (χ1) is 16.6. The molecular formula is C27H34N4O3. The molecule has 7 nitrogen and oxygen atoms in total. The highest BCUT2D eigenvalue weighted by molar-refractivity contribution is 5.95. The molecule has 0 aromatic heterocycles. The van der Waals surface area contributed by atoms with Gasteiger partial charge < -0.3 is 10.1 Å². The van der Waals surface area contributed by atoms with E-state index < -0.39 is 6.04 Å². The summed E-state index contributed by atoms with van der Waals surface area (Å²) in [6.07, 6.45) is 0. The van der Waals surface area contributed by atoms with Crippen LogP contribution in [0.4, 0.5) is 4.79 Å². The molecule has 2 amide bonds. The minimum absolute atomic E-state index is 0.179. The maximum Gasteiger partial charge on any atom is 0.338 e. The summed E-state index contributed by atoms with van der Waals surface area (Å²) in [4.78, 5) is 32.7. The lowest BCUT2D eigenvalue weighted by Crippen LogP contribution is -2.53. The van der Waals surface area contributed by atoms with Crippen LogP contribution in [0.5, 0.6) is 0 Å². The third-order valence-corrected chi connectivity index (χ3v) is 6.47. The molecule has 1 saturated heterocycles. The SMILES string of the molecule is CCOC(=O)C1=C(CN2CCN(Cc3ccccc3)CC2)N(CC)C(=O)N[C@@H]1c1ccccc1. The van der Waals surface area contributed by atoms with Gasteiger partial charge in [-0.15, -0.1) is 0 Å². The number of amides is 2. The Morgan fingerprint density at radius 3 is 2.09 bits per heavy atom. The third-order valence-electron chi connectivity index (χ3n) is 6.47. The van der Waals surface area contributed by atoms with E-state index in [4.69, 9.17) is 4.74 Å². The van der Waals surface area contributed by atoms with Crippen LogP contribution < -0.4 is 5.32 Å². The van der Waals surface area contributed by atoms with E-state index in [2.05, 4.69) is 39.4 Å². The molecule has 1 atom stereocenters. The molecule has 34 heavy (non-hydrogen) atoms. The van der Waals surface area contributed by atoms with Crippen molar-refractivity contribution in [1.29, 1.82) is 0 Å². The summed E-state index contributed by atoms with van der Waals surface area (Å²) < 4.78 is 5.46. The number of hydrogen-bond acceptors (Lipinski definition) is 5. The third kappa shape index (κ3) is 5.48. The molecule has 0 radical (unpaired) electrons. The monoisotopic (exact) mass is 462 g/mol. The summed E-state index contributed by atoms with van der Waals surface area (Å²) in [7, 11) is 0. The van der Waals surface area contributed by atoms with Gasteiger partial charge in [-0.2, -0.15) is 0 Å². The van der Waals surface area contributed by atoms with Gasteiger partial charge in [-0.1, -0.05) is 60.7 Å². The minimum atomic E-state index is -0.523. The van der Waals surface area contributed by atoms with E-state index in [1.165, 1.54) is 5.56 Å². The molecule has 2 aromatic rings. The molecule has 2 aliphatic heterocycles. The van der Waals surface area contributed by atoms with Gasteiger partial charge in [0.05, 0.1) is 18.2 Å². The number of urea groups is 1. The lowest BCUT2D eigenvalue weighted by molar-refractivity contribution is -0.139. The number of nitrogens with one attached hydrogen (secondary N) is 1. The average molecular weight is 463 g/mol.